The Labute approximate surface area is 149 Å². The predicted octanol–water partition coefficient (Wildman–Crippen LogP) is 5.10. The lowest BCUT2D eigenvalue weighted by molar-refractivity contribution is 0.484. The Morgan fingerprint density at radius 1 is 0.960 bits per heavy atom. The summed E-state index contributed by atoms with van der Waals surface area (Å²) in [5.41, 5.74) is 2.88. The fourth-order valence-corrected chi connectivity index (χ4v) is 2.43. The molecule has 0 aromatic heterocycles. The fourth-order valence-electron chi connectivity index (χ4n) is 2.21. The van der Waals surface area contributed by atoms with Crippen LogP contribution in [0.4, 0.5) is 5.69 Å². The van der Waals surface area contributed by atoms with Gasteiger partial charge in [-0.1, -0.05) is 41.9 Å². The van der Waals surface area contributed by atoms with E-state index in [9.17, 15) is 0 Å². The second-order valence-corrected chi connectivity index (χ2v) is 5.46. The van der Waals surface area contributed by atoms with E-state index in [0.29, 0.717) is 22.2 Å². The summed E-state index contributed by atoms with van der Waals surface area (Å²) in [6, 6.07) is 22.1. The molecule has 0 amide bonds. The second-order valence-electron chi connectivity index (χ2n) is 5.05. The van der Waals surface area contributed by atoms with Crippen LogP contribution in [0, 0.1) is 22.7 Å². The van der Waals surface area contributed by atoms with Gasteiger partial charge < -0.3 is 4.74 Å². The van der Waals surface area contributed by atoms with Gasteiger partial charge in [0.25, 0.3) is 0 Å². The number of hydrogen-bond donors (Lipinski definition) is 1. The monoisotopic (exact) mass is 346 g/mol. The van der Waals surface area contributed by atoms with Gasteiger partial charge in [0.1, 0.15) is 23.6 Å². The molecular formula is C19H11ClN4O. The molecule has 3 aromatic carbocycles. The van der Waals surface area contributed by atoms with Crippen LogP contribution in [0.2, 0.25) is 5.02 Å². The zero-order valence-corrected chi connectivity index (χ0v) is 13.7. The molecule has 0 unspecified atom stereocenters. The number of nitrogens with zero attached hydrogens (tertiary/aromatic N) is 3. The van der Waals surface area contributed by atoms with Gasteiger partial charge in [0, 0.05) is 0 Å². The molecule has 0 heterocycles. The molecule has 0 fully saturated rings. The summed E-state index contributed by atoms with van der Waals surface area (Å²) in [5.74, 6) is 1.17. The maximum Gasteiger partial charge on any atom is 0.237 e. The highest BCUT2D eigenvalue weighted by Crippen LogP contribution is 2.32. The van der Waals surface area contributed by atoms with Gasteiger partial charge in [-0.3, -0.25) is 5.43 Å². The molecule has 0 saturated carbocycles. The number of hydrogen-bond acceptors (Lipinski definition) is 5. The Balaban J connectivity index is 1.80. The summed E-state index contributed by atoms with van der Waals surface area (Å²) in [4.78, 5) is 0. The quantitative estimate of drug-likeness (QED) is 0.526. The molecule has 5 nitrogen and oxygen atoms in total. The van der Waals surface area contributed by atoms with Gasteiger partial charge in [-0.25, -0.2) is 0 Å². The van der Waals surface area contributed by atoms with Gasteiger partial charge in [-0.05, 0) is 41.1 Å². The highest BCUT2D eigenvalue weighted by Gasteiger charge is 2.06. The third kappa shape index (κ3) is 3.87. The molecule has 3 rings (SSSR count). The molecule has 1 N–H and O–H groups in total. The lowest BCUT2D eigenvalue weighted by atomic mass is 10.1. The van der Waals surface area contributed by atoms with E-state index in [0.717, 1.165) is 10.8 Å². The van der Waals surface area contributed by atoms with E-state index in [4.69, 9.17) is 26.9 Å². The predicted molar refractivity (Wildman–Crippen MR) is 97.8 cm³/mol. The summed E-state index contributed by atoms with van der Waals surface area (Å²) >= 11 is 6.24. The van der Waals surface area contributed by atoms with Crippen molar-refractivity contribution in [3.8, 4) is 23.6 Å². The first-order valence-electron chi connectivity index (χ1n) is 7.30. The van der Waals surface area contributed by atoms with E-state index >= 15 is 0 Å². The van der Waals surface area contributed by atoms with E-state index in [-0.39, 0.29) is 5.71 Å². The summed E-state index contributed by atoms with van der Waals surface area (Å²) in [6.45, 7) is 0. The van der Waals surface area contributed by atoms with Crippen molar-refractivity contribution in [3.63, 3.8) is 0 Å². The van der Waals surface area contributed by atoms with Gasteiger partial charge in [0.05, 0.1) is 10.7 Å². The molecule has 0 radical (unpaired) electrons. The van der Waals surface area contributed by atoms with Crippen LogP contribution < -0.4 is 10.2 Å². The molecule has 3 aromatic rings. The van der Waals surface area contributed by atoms with E-state index < -0.39 is 0 Å². The van der Waals surface area contributed by atoms with E-state index in [1.807, 2.05) is 42.5 Å². The summed E-state index contributed by atoms with van der Waals surface area (Å²) in [6.07, 6.45) is 0. The van der Waals surface area contributed by atoms with Crippen LogP contribution in [-0.4, -0.2) is 5.71 Å². The lowest BCUT2D eigenvalue weighted by Gasteiger charge is -2.10. The molecule has 0 atom stereocenters. The molecule has 0 aliphatic heterocycles. The maximum atomic E-state index is 8.65. The maximum absolute atomic E-state index is 8.65. The zero-order valence-electron chi connectivity index (χ0n) is 12.9. The average Bonchev–Trinajstić information content (AvgIpc) is 2.64. The van der Waals surface area contributed by atoms with Crippen LogP contribution in [0.25, 0.3) is 10.8 Å². The topological polar surface area (TPSA) is 81.2 Å². The third-order valence-electron chi connectivity index (χ3n) is 3.39. The summed E-state index contributed by atoms with van der Waals surface area (Å²) < 4.78 is 5.84. The van der Waals surface area contributed by atoms with Crippen molar-refractivity contribution in [2.75, 3.05) is 5.43 Å². The SMILES string of the molecule is N#CC(C#N)=NNc1ccc(Oc2ccc3ccccc3c2)c(Cl)c1. The molecule has 0 bridgehead atoms. The largest absolute Gasteiger partial charge is 0.456 e. The molecule has 120 valence electrons. The van der Waals surface area contributed by atoms with Crippen molar-refractivity contribution in [1.29, 1.82) is 10.5 Å². The number of nitriles is 2. The first-order valence-corrected chi connectivity index (χ1v) is 7.67. The van der Waals surface area contributed by atoms with Gasteiger partial charge >= 0.3 is 0 Å². The smallest absolute Gasteiger partial charge is 0.237 e. The van der Waals surface area contributed by atoms with Gasteiger partial charge in [-0.2, -0.15) is 15.6 Å². The van der Waals surface area contributed by atoms with E-state index in [1.54, 1.807) is 30.3 Å². The van der Waals surface area contributed by atoms with Crippen molar-refractivity contribution >= 4 is 33.8 Å². The normalized spacial score (nSPS) is 9.72. The van der Waals surface area contributed by atoms with Crippen molar-refractivity contribution in [2.45, 2.75) is 0 Å². The number of rotatable bonds is 4. The Hall–Kier alpha value is -3.54. The first kappa shape index (κ1) is 16.3. The summed E-state index contributed by atoms with van der Waals surface area (Å²) in [5, 5.41) is 23.6. The Morgan fingerprint density at radius 2 is 1.72 bits per heavy atom. The van der Waals surface area contributed by atoms with E-state index in [2.05, 4.69) is 10.5 Å². The number of benzene rings is 3. The number of fused-ring (bicyclic) bond motifs is 1. The molecule has 0 spiro atoms. The van der Waals surface area contributed by atoms with Crippen molar-refractivity contribution < 1.29 is 4.74 Å². The van der Waals surface area contributed by atoms with Gasteiger partial charge in [-0.15, -0.1) is 0 Å². The van der Waals surface area contributed by atoms with Crippen LogP contribution >= 0.6 is 11.6 Å². The molecule has 0 aliphatic carbocycles. The first-order chi connectivity index (χ1) is 12.2. The van der Waals surface area contributed by atoms with Crippen LogP contribution in [0.3, 0.4) is 0 Å². The zero-order chi connectivity index (χ0) is 17.6. The minimum atomic E-state index is -0.271. The van der Waals surface area contributed by atoms with Crippen LogP contribution in [0.15, 0.2) is 65.8 Å². The highest BCUT2D eigenvalue weighted by atomic mass is 35.5. The number of anilines is 1. The minimum absolute atomic E-state index is 0.271. The fraction of sp³-hybridized carbons (Fsp3) is 0. The van der Waals surface area contributed by atoms with Crippen molar-refractivity contribution in [3.05, 3.63) is 65.7 Å². The Morgan fingerprint density at radius 3 is 2.44 bits per heavy atom. The van der Waals surface area contributed by atoms with Crippen LogP contribution in [-0.2, 0) is 0 Å². The molecule has 0 saturated heterocycles. The Bertz CT molecular complexity index is 1030. The molecule has 6 heteroatoms. The molecule has 0 aliphatic rings. The van der Waals surface area contributed by atoms with Gasteiger partial charge in [0.2, 0.25) is 5.71 Å². The Kier molecular flexibility index (Phi) is 4.80. The van der Waals surface area contributed by atoms with Crippen molar-refractivity contribution in [2.24, 2.45) is 5.10 Å². The number of ether oxygens (including phenoxy) is 1. The minimum Gasteiger partial charge on any atom is -0.456 e. The standard InChI is InChI=1S/C19H11ClN4O/c20-18-10-15(23-24-16(11-21)12-22)6-8-19(18)25-17-7-5-13-3-1-2-4-14(13)9-17/h1-10,23H. The number of nitrogens with one attached hydrogen (secondary N) is 1. The summed E-state index contributed by atoms with van der Waals surface area (Å²) in [7, 11) is 0. The highest BCUT2D eigenvalue weighted by molar-refractivity contribution is 6.32. The van der Waals surface area contributed by atoms with Crippen molar-refractivity contribution in [1.82, 2.24) is 0 Å². The number of hydrazone groups is 1. The van der Waals surface area contributed by atoms with E-state index in [1.165, 1.54) is 0 Å². The lowest BCUT2D eigenvalue weighted by Crippen LogP contribution is -1.96. The second kappa shape index (κ2) is 7.35. The molecule has 25 heavy (non-hydrogen) atoms. The molecular weight excluding hydrogens is 336 g/mol. The van der Waals surface area contributed by atoms with Gasteiger partial charge in [0.15, 0.2) is 0 Å². The third-order valence-corrected chi connectivity index (χ3v) is 3.68. The number of halogens is 1. The van der Waals surface area contributed by atoms with Crippen LogP contribution in [0.1, 0.15) is 0 Å². The van der Waals surface area contributed by atoms with Crippen LogP contribution in [0.5, 0.6) is 11.5 Å². The average molecular weight is 347 g/mol.